The predicted octanol–water partition coefficient (Wildman–Crippen LogP) is 3.97. The summed E-state index contributed by atoms with van der Waals surface area (Å²) in [6.45, 7) is 0.0393. The molecule has 1 saturated carbocycles. The number of nitrogens with one attached hydrogen (secondary N) is 2. The van der Waals surface area contributed by atoms with Crippen LogP contribution >= 0.6 is 11.6 Å². The maximum atomic E-state index is 14.2. The molecule has 1 aromatic heterocycles. The van der Waals surface area contributed by atoms with Crippen molar-refractivity contribution in [3.63, 3.8) is 0 Å². The number of rotatable bonds is 7. The van der Waals surface area contributed by atoms with Crippen LogP contribution in [0.5, 0.6) is 0 Å². The van der Waals surface area contributed by atoms with Gasteiger partial charge in [0, 0.05) is 28.7 Å². The lowest BCUT2D eigenvalue weighted by Crippen LogP contribution is -2.28. The summed E-state index contributed by atoms with van der Waals surface area (Å²) in [7, 11) is 0. The molecule has 6 nitrogen and oxygen atoms in total. The first-order valence-corrected chi connectivity index (χ1v) is 9.98. The van der Waals surface area contributed by atoms with E-state index < -0.39 is 11.9 Å². The van der Waals surface area contributed by atoms with E-state index in [1.54, 1.807) is 48.5 Å². The topological polar surface area (TPSA) is 87.1 Å². The van der Waals surface area contributed by atoms with E-state index in [9.17, 15) is 14.3 Å². The van der Waals surface area contributed by atoms with Crippen LogP contribution in [0.3, 0.4) is 0 Å². The average molecular weight is 427 g/mol. The van der Waals surface area contributed by atoms with Crippen molar-refractivity contribution in [2.45, 2.75) is 25.0 Å². The summed E-state index contributed by atoms with van der Waals surface area (Å²) in [6, 6.07) is 13.6. The minimum Gasteiger partial charge on any atom is -0.387 e. The highest BCUT2D eigenvalue weighted by Gasteiger charge is 2.22. The third-order valence-electron chi connectivity index (χ3n) is 4.76. The molecule has 0 aliphatic heterocycles. The van der Waals surface area contributed by atoms with Gasteiger partial charge in [-0.3, -0.25) is 4.79 Å². The molecule has 1 fully saturated rings. The number of carbonyl (C=O) groups excluding carboxylic acids is 1. The number of benzene rings is 2. The van der Waals surface area contributed by atoms with Crippen molar-refractivity contribution in [3.8, 4) is 11.3 Å². The summed E-state index contributed by atoms with van der Waals surface area (Å²) < 4.78 is 14.2. The van der Waals surface area contributed by atoms with Crippen LogP contribution in [0, 0.1) is 5.82 Å². The van der Waals surface area contributed by atoms with E-state index in [4.69, 9.17) is 11.6 Å². The summed E-state index contributed by atoms with van der Waals surface area (Å²) in [5, 5.41) is 16.6. The van der Waals surface area contributed by atoms with E-state index in [2.05, 4.69) is 20.6 Å². The second-order valence-corrected chi connectivity index (χ2v) is 7.60. The largest absolute Gasteiger partial charge is 0.387 e. The van der Waals surface area contributed by atoms with Gasteiger partial charge in [0.15, 0.2) is 5.82 Å². The Morgan fingerprint density at radius 2 is 2.00 bits per heavy atom. The van der Waals surface area contributed by atoms with Crippen molar-refractivity contribution in [3.05, 3.63) is 76.7 Å². The van der Waals surface area contributed by atoms with Crippen molar-refractivity contribution in [2.75, 3.05) is 11.9 Å². The molecule has 0 saturated heterocycles. The molecule has 0 spiro atoms. The van der Waals surface area contributed by atoms with Gasteiger partial charge in [0.1, 0.15) is 5.69 Å². The first kappa shape index (κ1) is 20.3. The van der Waals surface area contributed by atoms with Crippen molar-refractivity contribution >= 4 is 23.5 Å². The number of hydrogen-bond donors (Lipinski definition) is 3. The Kier molecular flexibility index (Phi) is 5.92. The Hall–Kier alpha value is -3.03. The Labute approximate surface area is 178 Å². The van der Waals surface area contributed by atoms with Crippen LogP contribution in [0.15, 0.2) is 54.7 Å². The molecule has 2 aromatic carbocycles. The van der Waals surface area contributed by atoms with E-state index in [-0.39, 0.29) is 18.1 Å². The van der Waals surface area contributed by atoms with Gasteiger partial charge in [0.2, 0.25) is 5.95 Å². The lowest BCUT2D eigenvalue weighted by molar-refractivity contribution is 0.0916. The molecule has 3 N–H and O–H groups in total. The Balaban J connectivity index is 1.41. The maximum absolute atomic E-state index is 14.2. The SMILES string of the molecule is O=C(NCC(O)c1cccc(Cl)c1)c1ccc(-c2nc(NC3CC3)ncc2F)cc1. The fourth-order valence-corrected chi connectivity index (χ4v) is 3.15. The lowest BCUT2D eigenvalue weighted by Gasteiger charge is -2.13. The van der Waals surface area contributed by atoms with Gasteiger partial charge in [-0.05, 0) is 42.7 Å². The average Bonchev–Trinajstić information content (AvgIpc) is 3.57. The number of anilines is 1. The van der Waals surface area contributed by atoms with Gasteiger partial charge in [-0.25, -0.2) is 14.4 Å². The van der Waals surface area contributed by atoms with Gasteiger partial charge in [0.25, 0.3) is 5.91 Å². The minimum absolute atomic E-state index is 0.0393. The number of aliphatic hydroxyl groups excluding tert-OH is 1. The highest BCUT2D eigenvalue weighted by Crippen LogP contribution is 2.26. The molecule has 1 aliphatic rings. The van der Waals surface area contributed by atoms with Crippen molar-refractivity contribution in [1.82, 2.24) is 15.3 Å². The number of amides is 1. The maximum Gasteiger partial charge on any atom is 0.251 e. The summed E-state index contributed by atoms with van der Waals surface area (Å²) in [4.78, 5) is 20.6. The minimum atomic E-state index is -0.876. The Morgan fingerprint density at radius 3 is 2.70 bits per heavy atom. The van der Waals surface area contributed by atoms with Crippen LogP contribution in [0.1, 0.15) is 34.9 Å². The van der Waals surface area contributed by atoms with Gasteiger partial charge in [-0.2, -0.15) is 0 Å². The molecule has 1 atom stereocenters. The van der Waals surface area contributed by atoms with Gasteiger partial charge in [-0.15, -0.1) is 0 Å². The fourth-order valence-electron chi connectivity index (χ4n) is 2.95. The summed E-state index contributed by atoms with van der Waals surface area (Å²) >= 11 is 5.92. The van der Waals surface area contributed by atoms with Crippen molar-refractivity contribution < 1.29 is 14.3 Å². The molecule has 3 aromatic rings. The van der Waals surface area contributed by atoms with Crippen LogP contribution < -0.4 is 10.6 Å². The Bertz CT molecular complexity index is 1060. The van der Waals surface area contributed by atoms with E-state index >= 15 is 0 Å². The number of hydrogen-bond acceptors (Lipinski definition) is 5. The molecule has 8 heteroatoms. The third kappa shape index (κ3) is 4.93. The third-order valence-corrected chi connectivity index (χ3v) is 5.00. The molecule has 0 bridgehead atoms. The quantitative estimate of drug-likeness (QED) is 0.532. The zero-order valence-corrected chi connectivity index (χ0v) is 16.7. The molecule has 1 amide bonds. The predicted molar refractivity (Wildman–Crippen MR) is 113 cm³/mol. The zero-order valence-electron chi connectivity index (χ0n) is 16.0. The number of aliphatic hydroxyl groups is 1. The van der Waals surface area contributed by atoms with Crippen LogP contribution in [0.4, 0.5) is 10.3 Å². The number of aromatic nitrogens is 2. The van der Waals surface area contributed by atoms with E-state index in [0.717, 1.165) is 19.0 Å². The highest BCUT2D eigenvalue weighted by atomic mass is 35.5. The molecule has 1 heterocycles. The van der Waals surface area contributed by atoms with Crippen molar-refractivity contribution in [2.24, 2.45) is 0 Å². The normalized spacial score (nSPS) is 14.2. The summed E-state index contributed by atoms with van der Waals surface area (Å²) in [5.41, 5.74) is 1.73. The van der Waals surface area contributed by atoms with E-state index in [1.165, 1.54) is 0 Å². The molecule has 154 valence electrons. The monoisotopic (exact) mass is 426 g/mol. The van der Waals surface area contributed by atoms with E-state index in [0.29, 0.717) is 33.7 Å². The number of nitrogens with zero attached hydrogens (tertiary/aromatic N) is 2. The summed E-state index contributed by atoms with van der Waals surface area (Å²) in [5.74, 6) is -0.481. The smallest absolute Gasteiger partial charge is 0.251 e. The fraction of sp³-hybridized carbons (Fsp3) is 0.227. The molecule has 0 radical (unpaired) electrons. The number of carbonyl (C=O) groups is 1. The lowest BCUT2D eigenvalue weighted by atomic mass is 10.1. The Morgan fingerprint density at radius 1 is 1.23 bits per heavy atom. The molecule has 4 rings (SSSR count). The number of halogens is 2. The molecule has 30 heavy (non-hydrogen) atoms. The zero-order chi connectivity index (χ0) is 21.1. The second-order valence-electron chi connectivity index (χ2n) is 7.17. The first-order chi connectivity index (χ1) is 14.5. The van der Waals surface area contributed by atoms with Gasteiger partial charge in [0.05, 0.1) is 12.3 Å². The van der Waals surface area contributed by atoms with E-state index in [1.807, 2.05) is 0 Å². The van der Waals surface area contributed by atoms with Crippen molar-refractivity contribution in [1.29, 1.82) is 0 Å². The second kappa shape index (κ2) is 8.77. The van der Waals surface area contributed by atoms with Gasteiger partial charge in [-0.1, -0.05) is 35.9 Å². The molecular weight excluding hydrogens is 407 g/mol. The van der Waals surface area contributed by atoms with Crippen LogP contribution in [0.25, 0.3) is 11.3 Å². The molecule has 1 aliphatic carbocycles. The van der Waals surface area contributed by atoms with Gasteiger partial charge < -0.3 is 15.7 Å². The first-order valence-electron chi connectivity index (χ1n) is 9.61. The molecule has 1 unspecified atom stereocenters. The van der Waals surface area contributed by atoms with Crippen LogP contribution in [-0.4, -0.2) is 33.6 Å². The summed E-state index contributed by atoms with van der Waals surface area (Å²) in [6.07, 6.45) is 2.39. The van der Waals surface area contributed by atoms with Gasteiger partial charge >= 0.3 is 0 Å². The standard InChI is InChI=1S/C22H20ClFN4O2/c23-16-3-1-2-15(10-16)19(29)12-25-21(30)14-6-4-13(5-7-14)20-18(24)11-26-22(28-20)27-17-8-9-17/h1-7,10-11,17,19,29H,8-9,12H2,(H,25,30)(H,26,27,28). The van der Waals surface area contributed by atoms with Crippen LogP contribution in [-0.2, 0) is 0 Å². The van der Waals surface area contributed by atoms with Crippen LogP contribution in [0.2, 0.25) is 5.02 Å². The molecular formula is C22H20ClFN4O2. The highest BCUT2D eigenvalue weighted by molar-refractivity contribution is 6.30.